The summed E-state index contributed by atoms with van der Waals surface area (Å²) < 4.78 is 26.6. The SMILES string of the molecule is CC(C)(C)N(CCC(=O)O)S(=O)(=O)c1cc(Cl)cc(Cl)c1. The van der Waals surface area contributed by atoms with Crippen molar-refractivity contribution in [1.82, 2.24) is 4.31 Å². The van der Waals surface area contributed by atoms with E-state index in [0.29, 0.717) is 0 Å². The van der Waals surface area contributed by atoms with Gasteiger partial charge in [-0.25, -0.2) is 8.42 Å². The zero-order valence-electron chi connectivity index (χ0n) is 11.9. The summed E-state index contributed by atoms with van der Waals surface area (Å²) in [6.07, 6.45) is -0.287. The lowest BCUT2D eigenvalue weighted by Crippen LogP contribution is -2.46. The number of halogens is 2. The van der Waals surface area contributed by atoms with Crippen LogP contribution in [-0.2, 0) is 14.8 Å². The molecule has 0 unspecified atom stereocenters. The largest absolute Gasteiger partial charge is 0.481 e. The second-order valence-electron chi connectivity index (χ2n) is 5.50. The molecule has 0 saturated carbocycles. The lowest BCUT2D eigenvalue weighted by molar-refractivity contribution is -0.137. The maximum atomic E-state index is 12.7. The number of carboxylic acids is 1. The average Bonchev–Trinajstić information content (AvgIpc) is 2.24. The van der Waals surface area contributed by atoms with Crippen LogP contribution < -0.4 is 0 Å². The summed E-state index contributed by atoms with van der Waals surface area (Å²) >= 11 is 11.7. The van der Waals surface area contributed by atoms with Crippen LogP contribution in [0.4, 0.5) is 0 Å². The topological polar surface area (TPSA) is 74.7 Å². The molecule has 0 fully saturated rings. The molecule has 118 valence electrons. The van der Waals surface area contributed by atoms with Gasteiger partial charge < -0.3 is 5.11 Å². The van der Waals surface area contributed by atoms with Gasteiger partial charge in [0.05, 0.1) is 11.3 Å². The molecule has 0 saturated heterocycles. The summed E-state index contributed by atoms with van der Waals surface area (Å²) in [4.78, 5) is 10.7. The quantitative estimate of drug-likeness (QED) is 0.881. The first-order valence-corrected chi connectivity index (χ1v) is 8.35. The minimum absolute atomic E-state index is 0.0553. The van der Waals surface area contributed by atoms with E-state index in [1.54, 1.807) is 20.8 Å². The van der Waals surface area contributed by atoms with Crippen LogP contribution in [0.3, 0.4) is 0 Å². The monoisotopic (exact) mass is 353 g/mol. The molecule has 1 N–H and O–H groups in total. The van der Waals surface area contributed by atoms with Gasteiger partial charge in [0.15, 0.2) is 0 Å². The standard InChI is InChI=1S/C13H17Cl2NO4S/c1-13(2,3)16(5-4-12(17)18)21(19,20)11-7-9(14)6-10(15)8-11/h6-8H,4-5H2,1-3H3,(H,17,18). The van der Waals surface area contributed by atoms with Crippen molar-refractivity contribution in [3.63, 3.8) is 0 Å². The highest BCUT2D eigenvalue weighted by atomic mass is 35.5. The fourth-order valence-corrected chi connectivity index (χ4v) is 4.33. The molecule has 0 spiro atoms. The van der Waals surface area contributed by atoms with E-state index in [2.05, 4.69) is 0 Å². The third-order valence-corrected chi connectivity index (χ3v) is 5.28. The van der Waals surface area contributed by atoms with Gasteiger partial charge in [-0.3, -0.25) is 4.79 Å². The highest BCUT2D eigenvalue weighted by molar-refractivity contribution is 7.89. The Morgan fingerprint density at radius 3 is 2.05 bits per heavy atom. The summed E-state index contributed by atoms with van der Waals surface area (Å²) in [7, 11) is -3.90. The van der Waals surface area contributed by atoms with E-state index in [-0.39, 0.29) is 27.9 Å². The van der Waals surface area contributed by atoms with Crippen molar-refractivity contribution in [2.45, 2.75) is 37.6 Å². The number of benzene rings is 1. The number of hydrogen-bond acceptors (Lipinski definition) is 3. The van der Waals surface area contributed by atoms with Gasteiger partial charge in [0.1, 0.15) is 0 Å². The Morgan fingerprint density at radius 2 is 1.67 bits per heavy atom. The van der Waals surface area contributed by atoms with E-state index in [4.69, 9.17) is 28.3 Å². The van der Waals surface area contributed by atoms with E-state index >= 15 is 0 Å². The molecular weight excluding hydrogens is 337 g/mol. The van der Waals surface area contributed by atoms with Crippen LogP contribution in [0, 0.1) is 0 Å². The molecule has 1 rings (SSSR count). The third kappa shape index (κ3) is 4.85. The van der Waals surface area contributed by atoms with Crippen LogP contribution in [0.2, 0.25) is 10.0 Å². The molecule has 0 aliphatic heterocycles. The molecule has 8 heteroatoms. The number of sulfonamides is 1. The average molecular weight is 354 g/mol. The van der Waals surface area contributed by atoms with E-state index in [0.717, 1.165) is 4.31 Å². The van der Waals surface area contributed by atoms with Gasteiger partial charge in [-0.2, -0.15) is 4.31 Å². The van der Waals surface area contributed by atoms with E-state index in [9.17, 15) is 13.2 Å². The molecule has 0 bridgehead atoms. The molecule has 0 atom stereocenters. The Morgan fingerprint density at radius 1 is 1.19 bits per heavy atom. The van der Waals surface area contributed by atoms with Gasteiger partial charge in [0.2, 0.25) is 10.0 Å². The summed E-state index contributed by atoms with van der Waals surface area (Å²) in [6.45, 7) is 4.95. The van der Waals surface area contributed by atoms with Crippen molar-refractivity contribution in [2.75, 3.05) is 6.54 Å². The normalized spacial score (nSPS) is 12.7. The van der Waals surface area contributed by atoms with E-state index in [1.165, 1.54) is 18.2 Å². The number of nitrogens with zero attached hydrogens (tertiary/aromatic N) is 1. The number of carboxylic acid groups (broad SMARTS) is 1. The fraction of sp³-hybridized carbons (Fsp3) is 0.462. The Balaban J connectivity index is 3.30. The highest BCUT2D eigenvalue weighted by Crippen LogP contribution is 2.28. The van der Waals surface area contributed by atoms with Crippen LogP contribution in [0.5, 0.6) is 0 Å². The highest BCUT2D eigenvalue weighted by Gasteiger charge is 2.34. The maximum absolute atomic E-state index is 12.7. The molecule has 1 aromatic carbocycles. The van der Waals surface area contributed by atoms with Crippen LogP contribution in [0.1, 0.15) is 27.2 Å². The Bertz CT molecular complexity index is 618. The lowest BCUT2D eigenvalue weighted by Gasteiger charge is -2.34. The zero-order valence-corrected chi connectivity index (χ0v) is 14.3. The van der Waals surface area contributed by atoms with Crippen LogP contribution >= 0.6 is 23.2 Å². The van der Waals surface area contributed by atoms with E-state index < -0.39 is 21.5 Å². The summed E-state index contributed by atoms with van der Waals surface area (Å²) in [5, 5.41) is 9.19. The van der Waals surface area contributed by atoms with Crippen molar-refractivity contribution in [2.24, 2.45) is 0 Å². The molecule has 0 aromatic heterocycles. The van der Waals surface area contributed by atoms with Crippen molar-refractivity contribution >= 4 is 39.2 Å². The van der Waals surface area contributed by atoms with Gasteiger partial charge in [0.25, 0.3) is 0 Å². The molecule has 0 amide bonds. The molecule has 0 aliphatic carbocycles. The van der Waals surface area contributed by atoms with Crippen molar-refractivity contribution in [3.8, 4) is 0 Å². The smallest absolute Gasteiger partial charge is 0.304 e. The molecule has 0 aliphatic rings. The Kier molecular flexibility index (Phi) is 5.66. The van der Waals surface area contributed by atoms with Crippen LogP contribution in [0.15, 0.2) is 23.1 Å². The first-order chi connectivity index (χ1) is 9.44. The predicted octanol–water partition coefficient (Wildman–Crippen LogP) is 3.26. The number of rotatable bonds is 5. The number of carbonyl (C=O) groups is 1. The summed E-state index contributed by atoms with van der Waals surface area (Å²) in [6, 6.07) is 4.02. The van der Waals surface area contributed by atoms with Crippen LogP contribution in [-0.4, -0.2) is 35.9 Å². The van der Waals surface area contributed by atoms with Crippen molar-refractivity contribution in [3.05, 3.63) is 28.2 Å². The second kappa shape index (κ2) is 6.52. The van der Waals surface area contributed by atoms with Gasteiger partial charge in [-0.15, -0.1) is 0 Å². The number of aliphatic carboxylic acids is 1. The molecule has 5 nitrogen and oxygen atoms in total. The van der Waals surface area contributed by atoms with Gasteiger partial charge >= 0.3 is 5.97 Å². The summed E-state index contributed by atoms with van der Waals surface area (Å²) in [5.41, 5.74) is -0.775. The first kappa shape index (κ1) is 18.2. The van der Waals surface area contributed by atoms with Gasteiger partial charge in [-0.05, 0) is 39.0 Å². The fourth-order valence-electron chi connectivity index (χ4n) is 1.82. The molecule has 21 heavy (non-hydrogen) atoms. The summed E-state index contributed by atoms with van der Waals surface area (Å²) in [5.74, 6) is -1.07. The van der Waals surface area contributed by atoms with E-state index in [1.807, 2.05) is 0 Å². The number of hydrogen-bond donors (Lipinski definition) is 1. The lowest BCUT2D eigenvalue weighted by atomic mass is 10.1. The minimum Gasteiger partial charge on any atom is -0.481 e. The molecular formula is C13H17Cl2NO4S. The Labute approximate surface area is 134 Å². The molecule has 0 heterocycles. The van der Waals surface area contributed by atoms with Crippen molar-refractivity contribution in [1.29, 1.82) is 0 Å². The minimum atomic E-state index is -3.90. The second-order valence-corrected chi connectivity index (χ2v) is 8.23. The maximum Gasteiger partial charge on any atom is 0.304 e. The van der Waals surface area contributed by atoms with Crippen molar-refractivity contribution < 1.29 is 18.3 Å². The van der Waals surface area contributed by atoms with Crippen LogP contribution in [0.25, 0.3) is 0 Å². The van der Waals surface area contributed by atoms with Gasteiger partial charge in [-0.1, -0.05) is 23.2 Å². The third-order valence-electron chi connectivity index (χ3n) is 2.70. The molecule has 0 radical (unpaired) electrons. The zero-order chi connectivity index (χ0) is 16.4. The van der Waals surface area contributed by atoms with Gasteiger partial charge in [0, 0.05) is 22.1 Å². The molecule has 1 aromatic rings. The predicted molar refractivity (Wildman–Crippen MR) is 82.4 cm³/mol. The first-order valence-electron chi connectivity index (χ1n) is 6.15. The Hall–Kier alpha value is -0.820.